The fourth-order valence-electron chi connectivity index (χ4n) is 6.42. The third kappa shape index (κ3) is 6.72. The molecule has 2 saturated heterocycles. The smallest absolute Gasteiger partial charge is 0.248 e. The summed E-state index contributed by atoms with van der Waals surface area (Å²) in [6, 6.07) is 1.10. The number of piperidine rings is 1. The van der Waals surface area contributed by atoms with Gasteiger partial charge in [0.05, 0.1) is 6.04 Å². The van der Waals surface area contributed by atoms with Crippen molar-refractivity contribution in [2.45, 2.75) is 115 Å². The fraction of sp³-hybridized carbons (Fsp3) is 0.786. The number of rotatable bonds is 8. The Morgan fingerprint density at radius 3 is 2.37 bits per heavy atom. The number of allylic oxidation sites excluding steroid dienone is 2. The van der Waals surface area contributed by atoms with Crippen LogP contribution in [0.15, 0.2) is 23.8 Å². The van der Waals surface area contributed by atoms with E-state index in [2.05, 4.69) is 40.7 Å². The Bertz CT molecular complexity index is 816. The molecule has 1 saturated carbocycles. The second kappa shape index (κ2) is 11.1. The molecule has 4 atom stereocenters. The van der Waals surface area contributed by atoms with Gasteiger partial charge >= 0.3 is 0 Å². The molecule has 2 aliphatic heterocycles. The van der Waals surface area contributed by atoms with Crippen LogP contribution < -0.4 is 10.6 Å². The molecule has 4 aliphatic rings. The van der Waals surface area contributed by atoms with Gasteiger partial charge in [-0.3, -0.25) is 14.5 Å². The number of fused-ring (bicyclic) bond motifs is 2. The largest absolute Gasteiger partial charge is 0.353 e. The molecule has 3 unspecified atom stereocenters. The highest BCUT2D eigenvalue weighted by atomic mass is 19.3. The van der Waals surface area contributed by atoms with Crippen LogP contribution >= 0.6 is 0 Å². The number of alkyl halides is 2. The molecular formula is C28H43F2N3O2. The van der Waals surface area contributed by atoms with Crippen molar-refractivity contribution in [3.8, 4) is 0 Å². The number of carbonyl (C=O) groups excluding carboxylic acids is 2. The Balaban J connectivity index is 1.37. The molecular weight excluding hydrogens is 448 g/mol. The maximum atomic E-state index is 13.6. The van der Waals surface area contributed by atoms with Crippen molar-refractivity contribution < 1.29 is 18.4 Å². The summed E-state index contributed by atoms with van der Waals surface area (Å²) in [6.07, 6.45) is 12.8. The highest BCUT2D eigenvalue weighted by molar-refractivity contribution is 5.79. The Labute approximate surface area is 209 Å². The van der Waals surface area contributed by atoms with Crippen LogP contribution in [0.2, 0.25) is 0 Å². The molecule has 5 nitrogen and oxygen atoms in total. The van der Waals surface area contributed by atoms with Crippen molar-refractivity contribution in [2.75, 3.05) is 6.54 Å². The van der Waals surface area contributed by atoms with Gasteiger partial charge in [0.15, 0.2) is 0 Å². The van der Waals surface area contributed by atoms with E-state index in [0.29, 0.717) is 18.0 Å². The van der Waals surface area contributed by atoms with Crippen LogP contribution in [0.3, 0.4) is 0 Å². The zero-order valence-corrected chi connectivity index (χ0v) is 21.6. The maximum Gasteiger partial charge on any atom is 0.248 e. The molecule has 35 heavy (non-hydrogen) atoms. The molecule has 0 aromatic rings. The molecule has 2 aliphatic carbocycles. The minimum atomic E-state index is -2.62. The lowest BCUT2D eigenvalue weighted by molar-refractivity contribution is -0.129. The third-order valence-electron chi connectivity index (χ3n) is 8.53. The number of nitrogens with one attached hydrogen (secondary N) is 2. The van der Waals surface area contributed by atoms with Gasteiger partial charge in [0.2, 0.25) is 17.7 Å². The summed E-state index contributed by atoms with van der Waals surface area (Å²) in [7, 11) is 0. The van der Waals surface area contributed by atoms with Crippen LogP contribution in [0.4, 0.5) is 8.78 Å². The second-order valence-corrected chi connectivity index (χ2v) is 11.7. The van der Waals surface area contributed by atoms with E-state index < -0.39 is 5.92 Å². The number of hydrogen-bond donors (Lipinski definition) is 2. The molecule has 196 valence electrons. The van der Waals surface area contributed by atoms with Crippen molar-refractivity contribution >= 4 is 11.8 Å². The summed E-state index contributed by atoms with van der Waals surface area (Å²) >= 11 is 0. The lowest BCUT2D eigenvalue weighted by Crippen LogP contribution is -2.52. The Morgan fingerprint density at radius 2 is 1.77 bits per heavy atom. The van der Waals surface area contributed by atoms with Gasteiger partial charge in [-0.05, 0) is 62.9 Å². The normalized spacial score (nSPS) is 31.8. The molecule has 7 heteroatoms. The predicted octanol–water partition coefficient (Wildman–Crippen LogP) is 4.98. The summed E-state index contributed by atoms with van der Waals surface area (Å²) in [6.45, 7) is 6.94. The van der Waals surface area contributed by atoms with Gasteiger partial charge in [0.1, 0.15) is 0 Å². The molecule has 0 spiro atoms. The van der Waals surface area contributed by atoms with Gasteiger partial charge in [-0.15, -0.1) is 0 Å². The standard InChI is InChI=1S/C28H43F2N3O2/c1-18(2)26(34)31-22-16-23-7-8-24(17-22)33(23)14-11-25(21-6-4-5-19(3)15-21)32-27(35)20-9-12-28(29,30)13-10-20/h4,6,15,18-20,22-25H,5,7-14,16-17H2,1-3H3,(H,31,34)(H,32,35)/t19?,22?,23?,24?,25-/m0/s1. The van der Waals surface area contributed by atoms with Crippen molar-refractivity contribution in [1.29, 1.82) is 0 Å². The van der Waals surface area contributed by atoms with Crippen LogP contribution in [0.25, 0.3) is 0 Å². The summed E-state index contributed by atoms with van der Waals surface area (Å²) in [5.74, 6) is -2.45. The quantitative estimate of drug-likeness (QED) is 0.504. The van der Waals surface area contributed by atoms with Gasteiger partial charge in [-0.25, -0.2) is 8.78 Å². The van der Waals surface area contributed by atoms with E-state index in [1.165, 1.54) is 0 Å². The first-order valence-corrected chi connectivity index (χ1v) is 13.7. The van der Waals surface area contributed by atoms with Gasteiger partial charge < -0.3 is 10.6 Å². The molecule has 4 rings (SSSR count). The number of hydrogen-bond acceptors (Lipinski definition) is 3. The first-order chi connectivity index (χ1) is 16.6. The highest BCUT2D eigenvalue weighted by Crippen LogP contribution is 2.38. The van der Waals surface area contributed by atoms with Gasteiger partial charge in [-0.1, -0.05) is 39.0 Å². The predicted molar refractivity (Wildman–Crippen MR) is 134 cm³/mol. The van der Waals surface area contributed by atoms with E-state index >= 15 is 0 Å². The fourth-order valence-corrected chi connectivity index (χ4v) is 6.42. The Hall–Kier alpha value is -1.76. The zero-order chi connectivity index (χ0) is 25.2. The van der Waals surface area contributed by atoms with E-state index in [4.69, 9.17) is 0 Å². The number of amides is 2. The summed E-state index contributed by atoms with van der Waals surface area (Å²) in [5.41, 5.74) is 1.14. The summed E-state index contributed by atoms with van der Waals surface area (Å²) in [5, 5.41) is 6.49. The zero-order valence-electron chi connectivity index (χ0n) is 21.6. The minimum Gasteiger partial charge on any atom is -0.353 e. The van der Waals surface area contributed by atoms with Crippen LogP contribution in [0, 0.1) is 17.8 Å². The highest BCUT2D eigenvalue weighted by Gasteiger charge is 2.42. The van der Waals surface area contributed by atoms with Crippen LogP contribution in [-0.2, 0) is 9.59 Å². The number of nitrogens with zero attached hydrogens (tertiary/aromatic N) is 1. The summed E-state index contributed by atoms with van der Waals surface area (Å²) in [4.78, 5) is 27.9. The van der Waals surface area contributed by atoms with E-state index in [0.717, 1.165) is 50.6 Å². The molecule has 2 heterocycles. The maximum absolute atomic E-state index is 13.6. The molecule has 0 aromatic heterocycles. The molecule has 0 aromatic carbocycles. The number of halogens is 2. The van der Waals surface area contributed by atoms with Crippen molar-refractivity contribution in [2.24, 2.45) is 17.8 Å². The topological polar surface area (TPSA) is 61.4 Å². The molecule has 3 fully saturated rings. The molecule has 0 radical (unpaired) electrons. The van der Waals surface area contributed by atoms with Gasteiger partial charge in [0.25, 0.3) is 0 Å². The van der Waals surface area contributed by atoms with Crippen molar-refractivity contribution in [3.05, 3.63) is 23.8 Å². The lowest BCUT2D eigenvalue weighted by Gasteiger charge is -2.40. The molecule has 2 N–H and O–H groups in total. The van der Waals surface area contributed by atoms with E-state index in [-0.39, 0.29) is 61.4 Å². The van der Waals surface area contributed by atoms with Gasteiger partial charge in [0, 0.05) is 49.3 Å². The molecule has 2 bridgehead atoms. The third-order valence-corrected chi connectivity index (χ3v) is 8.53. The van der Waals surface area contributed by atoms with Crippen molar-refractivity contribution in [1.82, 2.24) is 15.5 Å². The average Bonchev–Trinajstić information content (AvgIpc) is 3.04. The average molecular weight is 492 g/mol. The van der Waals surface area contributed by atoms with Gasteiger partial charge in [-0.2, -0.15) is 0 Å². The van der Waals surface area contributed by atoms with Crippen molar-refractivity contribution in [3.63, 3.8) is 0 Å². The van der Waals surface area contributed by atoms with Crippen LogP contribution in [-0.4, -0.2) is 53.3 Å². The van der Waals surface area contributed by atoms with E-state index in [9.17, 15) is 18.4 Å². The Morgan fingerprint density at radius 1 is 1.11 bits per heavy atom. The SMILES string of the molecule is CC1C=C([C@H](CCN2C3CCC2CC(NC(=O)C(C)C)C3)NC(=O)C2CCC(F)(F)CC2)C=CC1. The lowest BCUT2D eigenvalue weighted by atomic mass is 9.85. The van der Waals surface area contributed by atoms with E-state index in [1.54, 1.807) is 0 Å². The minimum absolute atomic E-state index is 0.00431. The monoisotopic (exact) mass is 491 g/mol. The Kier molecular flexibility index (Phi) is 8.34. The summed E-state index contributed by atoms with van der Waals surface area (Å²) < 4.78 is 27.2. The first kappa shape index (κ1) is 26.3. The first-order valence-electron chi connectivity index (χ1n) is 13.7. The van der Waals surface area contributed by atoms with E-state index in [1.807, 2.05) is 13.8 Å². The molecule has 2 amide bonds. The number of carbonyl (C=O) groups is 2. The van der Waals surface area contributed by atoms with Crippen LogP contribution in [0.5, 0.6) is 0 Å². The van der Waals surface area contributed by atoms with Crippen LogP contribution in [0.1, 0.15) is 85.0 Å². The second-order valence-electron chi connectivity index (χ2n) is 11.7.